The SMILES string of the molecule is CCCc1c(N)n[nH]c1-c1ccc(Br)cc1C(F)(F)F. The van der Waals surface area contributed by atoms with Crippen molar-refractivity contribution in [2.75, 3.05) is 5.73 Å². The normalized spacial score (nSPS) is 11.8. The Hall–Kier alpha value is -1.50. The minimum absolute atomic E-state index is 0.0633. The summed E-state index contributed by atoms with van der Waals surface area (Å²) in [6.45, 7) is 1.93. The molecule has 0 spiro atoms. The van der Waals surface area contributed by atoms with Crippen LogP contribution in [0.5, 0.6) is 0 Å². The van der Waals surface area contributed by atoms with Gasteiger partial charge in [-0.1, -0.05) is 35.3 Å². The first kappa shape index (κ1) is 14.9. The number of hydrogen-bond acceptors (Lipinski definition) is 2. The van der Waals surface area contributed by atoms with E-state index in [1.807, 2.05) is 6.92 Å². The Balaban J connectivity index is 2.64. The van der Waals surface area contributed by atoms with E-state index in [0.717, 1.165) is 12.5 Å². The van der Waals surface area contributed by atoms with Gasteiger partial charge in [0.15, 0.2) is 0 Å². The van der Waals surface area contributed by atoms with Gasteiger partial charge >= 0.3 is 6.18 Å². The van der Waals surface area contributed by atoms with Gasteiger partial charge in [0.1, 0.15) is 5.82 Å². The van der Waals surface area contributed by atoms with E-state index in [-0.39, 0.29) is 11.4 Å². The Labute approximate surface area is 122 Å². The quantitative estimate of drug-likeness (QED) is 0.864. The van der Waals surface area contributed by atoms with Crippen LogP contribution in [-0.4, -0.2) is 10.2 Å². The zero-order valence-electron chi connectivity index (χ0n) is 10.7. The summed E-state index contributed by atoms with van der Waals surface area (Å²) in [5.74, 6) is 0.248. The summed E-state index contributed by atoms with van der Waals surface area (Å²) in [5.41, 5.74) is 6.03. The minimum atomic E-state index is -4.44. The molecule has 0 aliphatic rings. The number of anilines is 1. The van der Waals surface area contributed by atoms with Gasteiger partial charge in [-0.05, 0) is 18.6 Å². The number of nitrogens with one attached hydrogen (secondary N) is 1. The molecule has 0 aliphatic carbocycles. The van der Waals surface area contributed by atoms with Crippen molar-refractivity contribution in [2.45, 2.75) is 25.9 Å². The van der Waals surface area contributed by atoms with Crippen molar-refractivity contribution in [3.8, 4) is 11.3 Å². The molecule has 0 bridgehead atoms. The molecule has 2 rings (SSSR count). The van der Waals surface area contributed by atoms with E-state index in [9.17, 15) is 13.2 Å². The summed E-state index contributed by atoms with van der Waals surface area (Å²) < 4.78 is 39.8. The molecular formula is C13H13BrF3N3. The van der Waals surface area contributed by atoms with Gasteiger partial charge in [0.05, 0.1) is 11.3 Å². The van der Waals surface area contributed by atoms with Crippen molar-refractivity contribution in [1.82, 2.24) is 10.2 Å². The molecule has 0 saturated carbocycles. The van der Waals surface area contributed by atoms with Crippen LogP contribution in [0.4, 0.5) is 19.0 Å². The van der Waals surface area contributed by atoms with Crippen molar-refractivity contribution < 1.29 is 13.2 Å². The number of hydrogen-bond donors (Lipinski definition) is 2. The largest absolute Gasteiger partial charge is 0.417 e. The fourth-order valence-electron chi connectivity index (χ4n) is 2.07. The molecule has 2 aromatic rings. The molecule has 0 saturated heterocycles. The Kier molecular flexibility index (Phi) is 4.08. The van der Waals surface area contributed by atoms with Gasteiger partial charge in [-0.25, -0.2) is 0 Å². The lowest BCUT2D eigenvalue weighted by Gasteiger charge is -2.13. The lowest BCUT2D eigenvalue weighted by Crippen LogP contribution is -2.08. The number of nitrogen functional groups attached to an aromatic ring is 1. The summed E-state index contributed by atoms with van der Waals surface area (Å²) in [6.07, 6.45) is -3.10. The highest BCUT2D eigenvalue weighted by atomic mass is 79.9. The molecule has 0 amide bonds. The number of benzene rings is 1. The van der Waals surface area contributed by atoms with Crippen molar-refractivity contribution >= 4 is 21.7 Å². The number of alkyl halides is 3. The number of rotatable bonds is 3. The molecule has 7 heteroatoms. The zero-order chi connectivity index (χ0) is 14.9. The molecule has 3 N–H and O–H groups in total. The second-order valence-electron chi connectivity index (χ2n) is 4.40. The number of nitrogens with zero attached hydrogens (tertiary/aromatic N) is 1. The first-order valence-electron chi connectivity index (χ1n) is 6.04. The second kappa shape index (κ2) is 5.47. The highest BCUT2D eigenvalue weighted by molar-refractivity contribution is 9.10. The molecule has 1 aromatic heterocycles. The highest BCUT2D eigenvalue weighted by Gasteiger charge is 2.35. The predicted molar refractivity (Wildman–Crippen MR) is 75.1 cm³/mol. The lowest BCUT2D eigenvalue weighted by atomic mass is 9.99. The monoisotopic (exact) mass is 347 g/mol. The number of aromatic nitrogens is 2. The van der Waals surface area contributed by atoms with Crippen molar-refractivity contribution in [3.05, 3.63) is 33.8 Å². The smallest absolute Gasteiger partial charge is 0.382 e. The van der Waals surface area contributed by atoms with Crippen molar-refractivity contribution in [1.29, 1.82) is 0 Å². The summed E-state index contributed by atoms with van der Waals surface area (Å²) in [4.78, 5) is 0. The summed E-state index contributed by atoms with van der Waals surface area (Å²) in [7, 11) is 0. The van der Waals surface area contributed by atoms with Gasteiger partial charge in [-0.2, -0.15) is 18.3 Å². The Morgan fingerprint density at radius 3 is 2.65 bits per heavy atom. The van der Waals surface area contributed by atoms with Crippen LogP contribution >= 0.6 is 15.9 Å². The molecule has 0 atom stereocenters. The first-order chi connectivity index (χ1) is 9.34. The fraction of sp³-hybridized carbons (Fsp3) is 0.308. The topological polar surface area (TPSA) is 54.7 Å². The van der Waals surface area contributed by atoms with E-state index in [4.69, 9.17) is 5.73 Å². The molecule has 1 heterocycles. The average molecular weight is 348 g/mol. The third-order valence-electron chi connectivity index (χ3n) is 2.96. The maximum Gasteiger partial charge on any atom is 0.417 e. The van der Waals surface area contributed by atoms with E-state index in [1.54, 1.807) is 6.07 Å². The van der Waals surface area contributed by atoms with Gasteiger partial charge < -0.3 is 5.73 Å². The van der Waals surface area contributed by atoms with Crippen LogP contribution in [0.2, 0.25) is 0 Å². The maximum atomic E-state index is 13.2. The Bertz CT molecular complexity index is 620. The van der Waals surface area contributed by atoms with Gasteiger partial charge in [0.25, 0.3) is 0 Å². The van der Waals surface area contributed by atoms with E-state index >= 15 is 0 Å². The van der Waals surface area contributed by atoms with Gasteiger partial charge in [0.2, 0.25) is 0 Å². The highest BCUT2D eigenvalue weighted by Crippen LogP contribution is 2.39. The Morgan fingerprint density at radius 1 is 1.35 bits per heavy atom. The molecule has 3 nitrogen and oxygen atoms in total. The summed E-state index contributed by atoms with van der Waals surface area (Å²) in [6, 6.07) is 4.04. The van der Waals surface area contributed by atoms with Crippen LogP contribution < -0.4 is 5.73 Å². The number of nitrogens with two attached hydrogens (primary N) is 1. The van der Waals surface area contributed by atoms with Gasteiger partial charge in [0, 0.05) is 15.6 Å². The van der Waals surface area contributed by atoms with E-state index < -0.39 is 11.7 Å². The summed E-state index contributed by atoms with van der Waals surface area (Å²) >= 11 is 3.07. The van der Waals surface area contributed by atoms with Crippen molar-refractivity contribution in [2.24, 2.45) is 0 Å². The minimum Gasteiger partial charge on any atom is -0.382 e. The van der Waals surface area contributed by atoms with E-state index in [0.29, 0.717) is 22.2 Å². The molecule has 1 aromatic carbocycles. The van der Waals surface area contributed by atoms with E-state index in [2.05, 4.69) is 26.1 Å². The molecule has 0 fully saturated rings. The number of H-pyrrole nitrogens is 1. The van der Waals surface area contributed by atoms with Crippen LogP contribution in [0.3, 0.4) is 0 Å². The third kappa shape index (κ3) is 2.82. The van der Waals surface area contributed by atoms with Gasteiger partial charge in [-0.15, -0.1) is 0 Å². The average Bonchev–Trinajstić information content (AvgIpc) is 2.71. The fourth-order valence-corrected chi connectivity index (χ4v) is 2.44. The molecular weight excluding hydrogens is 335 g/mol. The molecule has 0 radical (unpaired) electrons. The Morgan fingerprint density at radius 2 is 2.05 bits per heavy atom. The number of aromatic amines is 1. The first-order valence-corrected chi connectivity index (χ1v) is 6.83. The molecule has 0 aliphatic heterocycles. The maximum absolute atomic E-state index is 13.2. The predicted octanol–water partition coefficient (Wildman–Crippen LogP) is 4.39. The number of halogens is 4. The molecule has 108 valence electrons. The van der Waals surface area contributed by atoms with Crippen molar-refractivity contribution in [3.63, 3.8) is 0 Å². The summed E-state index contributed by atoms with van der Waals surface area (Å²) in [5, 5.41) is 6.45. The molecule has 20 heavy (non-hydrogen) atoms. The lowest BCUT2D eigenvalue weighted by molar-refractivity contribution is -0.137. The van der Waals surface area contributed by atoms with E-state index in [1.165, 1.54) is 6.07 Å². The second-order valence-corrected chi connectivity index (χ2v) is 5.32. The van der Waals surface area contributed by atoms with Crippen LogP contribution in [0.25, 0.3) is 11.3 Å². The van der Waals surface area contributed by atoms with Crippen LogP contribution in [0.15, 0.2) is 22.7 Å². The van der Waals surface area contributed by atoms with Gasteiger partial charge in [-0.3, -0.25) is 5.10 Å². The van der Waals surface area contributed by atoms with Crippen LogP contribution in [0.1, 0.15) is 24.5 Å². The van der Waals surface area contributed by atoms with Crippen LogP contribution in [0, 0.1) is 0 Å². The van der Waals surface area contributed by atoms with Crippen LogP contribution in [-0.2, 0) is 12.6 Å². The molecule has 0 unspecified atom stereocenters. The third-order valence-corrected chi connectivity index (χ3v) is 3.45. The standard InChI is InChI=1S/C13H13BrF3N3/c1-2-3-9-11(19-20-12(9)18)8-5-4-7(14)6-10(8)13(15,16)17/h4-6H,2-3H2,1H3,(H3,18,19,20). The zero-order valence-corrected chi connectivity index (χ0v) is 12.3.